The molecule has 0 bridgehead atoms. The first-order valence-electron chi connectivity index (χ1n) is 16.5. The van der Waals surface area contributed by atoms with E-state index in [0.29, 0.717) is 62.5 Å². The molecular formula is C39H37N7O6. The van der Waals surface area contributed by atoms with E-state index in [9.17, 15) is 35.7 Å². The molecule has 0 spiro atoms. The zero-order valence-corrected chi connectivity index (χ0v) is 29.2. The van der Waals surface area contributed by atoms with Crippen molar-refractivity contribution in [2.24, 2.45) is 30.7 Å². The predicted molar refractivity (Wildman–Crippen MR) is 183 cm³/mol. The molecule has 3 rings (SSSR count). The number of hydrogen-bond acceptors (Lipinski definition) is 10. The van der Waals surface area contributed by atoms with Gasteiger partial charge < -0.3 is 19.0 Å². The van der Waals surface area contributed by atoms with Crippen molar-refractivity contribution in [3.8, 4) is 30.2 Å². The maximum atomic E-state index is 12.7. The highest BCUT2D eigenvalue weighted by Crippen LogP contribution is 2.39. The lowest BCUT2D eigenvalue weighted by Crippen LogP contribution is -2.32. The number of ether oxygens (including phenoxy) is 2. The molecule has 0 amide bonds. The quantitative estimate of drug-likeness (QED) is 0.0935. The lowest BCUT2D eigenvalue weighted by molar-refractivity contribution is -0.678. The SMILES string of the molecule is [C-]#[N+]/C(C#N)=C(/C(C#N)=C/C=C/c1oc([O-])c(/C=C/C=C/C(C#N)=C(/C2CCC(C(=O)OC)CC2)C(C#N)[N+]#[C-])[n+]1C)C1CCC(C(=O)OC)CC1. The third-order valence-electron chi connectivity index (χ3n) is 9.46. The molecule has 1 aromatic rings. The summed E-state index contributed by atoms with van der Waals surface area (Å²) in [5.41, 5.74) is 0.973. The van der Waals surface area contributed by atoms with Crippen LogP contribution >= 0.6 is 0 Å². The number of hydrogen-bond donors (Lipinski definition) is 0. The van der Waals surface area contributed by atoms with Crippen LogP contribution in [0.3, 0.4) is 0 Å². The molecule has 13 heteroatoms. The Morgan fingerprint density at radius 2 is 1.44 bits per heavy atom. The fourth-order valence-electron chi connectivity index (χ4n) is 6.74. The molecule has 0 N–H and O–H groups in total. The lowest BCUT2D eigenvalue weighted by Gasteiger charge is -2.28. The van der Waals surface area contributed by atoms with Gasteiger partial charge in [0.1, 0.15) is 13.0 Å². The first-order chi connectivity index (χ1) is 25.1. The summed E-state index contributed by atoms with van der Waals surface area (Å²) in [4.78, 5) is 30.7. The maximum absolute atomic E-state index is 12.7. The third-order valence-corrected chi connectivity index (χ3v) is 9.46. The highest BCUT2D eigenvalue weighted by Gasteiger charge is 2.35. The van der Waals surface area contributed by atoms with E-state index in [2.05, 4.69) is 21.8 Å². The monoisotopic (exact) mass is 699 g/mol. The van der Waals surface area contributed by atoms with Gasteiger partial charge >= 0.3 is 18.0 Å². The van der Waals surface area contributed by atoms with Gasteiger partial charge in [0.25, 0.3) is 11.6 Å². The van der Waals surface area contributed by atoms with Gasteiger partial charge in [-0.05, 0) is 80.9 Å². The molecule has 2 fully saturated rings. The number of aromatic nitrogens is 1. The summed E-state index contributed by atoms with van der Waals surface area (Å²) in [6.07, 6.45) is 14.5. The Bertz CT molecular complexity index is 1940. The van der Waals surface area contributed by atoms with Gasteiger partial charge in [-0.2, -0.15) is 20.4 Å². The third kappa shape index (κ3) is 9.52. The number of methoxy groups -OCH3 is 2. The zero-order valence-electron chi connectivity index (χ0n) is 29.2. The average molecular weight is 700 g/mol. The Morgan fingerprint density at radius 1 is 0.865 bits per heavy atom. The van der Waals surface area contributed by atoms with Crippen LogP contribution < -0.4 is 9.67 Å². The molecule has 2 saturated carbocycles. The molecule has 0 aromatic carbocycles. The second kappa shape index (κ2) is 19.5. The molecule has 1 heterocycles. The Kier molecular flexibility index (Phi) is 14.9. The van der Waals surface area contributed by atoms with Crippen LogP contribution in [0.2, 0.25) is 0 Å². The van der Waals surface area contributed by atoms with E-state index in [1.807, 2.05) is 12.1 Å². The summed E-state index contributed by atoms with van der Waals surface area (Å²) in [7, 11) is 4.26. The van der Waals surface area contributed by atoms with Gasteiger partial charge in [-0.3, -0.25) is 14.4 Å². The fraction of sp³-hybridized carbons (Fsp3) is 0.410. The molecule has 1 aromatic heterocycles. The Morgan fingerprint density at radius 3 is 1.92 bits per heavy atom. The molecule has 2 aliphatic carbocycles. The van der Waals surface area contributed by atoms with Gasteiger partial charge in [0, 0.05) is 23.3 Å². The van der Waals surface area contributed by atoms with Crippen LogP contribution in [-0.2, 0) is 26.1 Å². The van der Waals surface area contributed by atoms with Crippen molar-refractivity contribution in [1.29, 1.82) is 21.0 Å². The highest BCUT2D eigenvalue weighted by atomic mass is 16.5. The van der Waals surface area contributed by atoms with Crippen molar-refractivity contribution in [1.82, 2.24) is 0 Å². The largest absolute Gasteiger partial charge is 0.540 e. The maximum Gasteiger partial charge on any atom is 0.330 e. The first-order valence-corrected chi connectivity index (χ1v) is 16.5. The van der Waals surface area contributed by atoms with Gasteiger partial charge in [0.2, 0.25) is 5.69 Å². The number of esters is 2. The van der Waals surface area contributed by atoms with Crippen LogP contribution in [0.25, 0.3) is 21.8 Å². The smallest absolute Gasteiger partial charge is 0.330 e. The Labute approximate surface area is 303 Å². The number of carbonyl (C=O) groups is 2. The lowest BCUT2D eigenvalue weighted by atomic mass is 9.75. The van der Waals surface area contributed by atoms with Crippen LogP contribution in [0, 0.1) is 82.1 Å². The van der Waals surface area contributed by atoms with E-state index in [4.69, 9.17) is 27.0 Å². The molecule has 0 radical (unpaired) electrons. The van der Waals surface area contributed by atoms with Crippen molar-refractivity contribution in [2.45, 2.75) is 57.4 Å². The number of nitriles is 4. The molecule has 0 aliphatic heterocycles. The van der Waals surface area contributed by atoms with Gasteiger partial charge in [-0.1, -0.05) is 18.2 Å². The standard InChI is InChI=1S/C39H37N7O6/c1-44-31(23-42)35(25-13-17-27(18-14-25)37(47)50-4)29(21-40)9-6-7-11-33-39(49)52-34(46(33)3)12-8-10-30(22-41)36(32(24-43)45-2)26-15-19-28(20-16-26)38(48)51-5/h6-12,25-28,31H,13-20H2,3-5H3/b9-6+,11-7+,12-8+,30-10+,35-29+,36-32+. The van der Waals surface area contributed by atoms with E-state index in [1.54, 1.807) is 7.05 Å². The van der Waals surface area contributed by atoms with E-state index < -0.39 is 12.0 Å². The highest BCUT2D eigenvalue weighted by molar-refractivity contribution is 5.73. The Hall–Kier alpha value is -6.67. The molecule has 264 valence electrons. The van der Waals surface area contributed by atoms with Crippen LogP contribution in [0.4, 0.5) is 0 Å². The summed E-state index contributed by atoms with van der Waals surface area (Å²) >= 11 is 0. The van der Waals surface area contributed by atoms with Gasteiger partial charge in [0.15, 0.2) is 6.07 Å². The molecule has 0 saturated heterocycles. The van der Waals surface area contributed by atoms with Crippen molar-refractivity contribution in [3.05, 3.63) is 92.8 Å². The molecule has 13 nitrogen and oxygen atoms in total. The predicted octanol–water partition coefficient (Wildman–Crippen LogP) is 5.50. The zero-order chi connectivity index (χ0) is 38.2. The Balaban J connectivity index is 1.85. The summed E-state index contributed by atoms with van der Waals surface area (Å²) in [6.45, 7) is 15.0. The summed E-state index contributed by atoms with van der Waals surface area (Å²) in [5, 5.41) is 52.0. The summed E-state index contributed by atoms with van der Waals surface area (Å²) in [5.74, 6) is -2.16. The second-order valence-electron chi connectivity index (χ2n) is 12.2. The van der Waals surface area contributed by atoms with Gasteiger partial charge in [0.05, 0.1) is 56.4 Å². The van der Waals surface area contributed by atoms with Gasteiger partial charge in [-0.15, -0.1) is 0 Å². The van der Waals surface area contributed by atoms with E-state index in [1.165, 1.54) is 61.3 Å². The number of rotatable bonds is 11. The summed E-state index contributed by atoms with van der Waals surface area (Å²) < 4.78 is 16.6. The van der Waals surface area contributed by atoms with Crippen molar-refractivity contribution >= 4 is 24.1 Å². The van der Waals surface area contributed by atoms with Crippen molar-refractivity contribution in [2.75, 3.05) is 14.2 Å². The molecule has 52 heavy (non-hydrogen) atoms. The number of nitrogens with zero attached hydrogens (tertiary/aromatic N) is 7. The molecule has 2 aliphatic rings. The number of carbonyl (C=O) groups excluding carboxylic acids is 2. The van der Waals surface area contributed by atoms with Crippen molar-refractivity contribution in [3.63, 3.8) is 0 Å². The minimum atomic E-state index is -1.16. The van der Waals surface area contributed by atoms with E-state index >= 15 is 0 Å². The number of allylic oxidation sites excluding steroid dienone is 9. The van der Waals surface area contributed by atoms with Gasteiger partial charge in [-0.25, -0.2) is 16.7 Å². The number of oxazole rings is 1. The first kappa shape index (κ1) is 39.8. The second-order valence-corrected chi connectivity index (χ2v) is 12.2. The minimum Gasteiger partial charge on any atom is -0.540 e. The van der Waals surface area contributed by atoms with Crippen LogP contribution in [0.1, 0.15) is 63.0 Å². The normalized spacial score (nSPS) is 22.1. The topological polar surface area (TPSA) is 197 Å². The molecule has 1 unspecified atom stereocenters. The van der Waals surface area contributed by atoms with Crippen molar-refractivity contribution < 1.29 is 33.2 Å². The van der Waals surface area contributed by atoms with Crippen LogP contribution in [0.15, 0.2) is 62.8 Å². The fourth-order valence-corrected chi connectivity index (χ4v) is 6.74. The van der Waals surface area contributed by atoms with E-state index in [-0.39, 0.29) is 64.0 Å². The molecule has 1 atom stereocenters. The average Bonchev–Trinajstić information content (AvgIpc) is 3.45. The summed E-state index contributed by atoms with van der Waals surface area (Å²) in [6, 6.07) is 6.89. The van der Waals surface area contributed by atoms with Crippen LogP contribution in [0.5, 0.6) is 5.95 Å². The molecular weight excluding hydrogens is 662 g/mol. The minimum absolute atomic E-state index is 0.112. The van der Waals surface area contributed by atoms with E-state index in [0.717, 1.165) is 0 Å². The van der Waals surface area contributed by atoms with Crippen LogP contribution in [-0.4, -0.2) is 32.2 Å².